The molecular weight excluding hydrogens is 182 g/mol. The zero-order chi connectivity index (χ0) is 9.80. The molecule has 1 aromatic rings. The summed E-state index contributed by atoms with van der Waals surface area (Å²) in [4.78, 5) is 3.92. The van der Waals surface area contributed by atoms with Gasteiger partial charge >= 0.3 is 0 Å². The number of nitrogens with one attached hydrogen (secondary N) is 1. The predicted molar refractivity (Wildman–Crippen MR) is 49.7 cm³/mol. The lowest BCUT2D eigenvalue weighted by molar-refractivity contribution is 0.149. The highest BCUT2D eigenvalue weighted by Gasteiger charge is 2.24. The van der Waals surface area contributed by atoms with Crippen LogP contribution in [0.25, 0.3) is 0 Å². The van der Waals surface area contributed by atoms with E-state index in [1.54, 1.807) is 0 Å². The number of aliphatic hydroxyl groups is 1. The highest BCUT2D eigenvalue weighted by molar-refractivity contribution is 4.84. The number of nitrogens with zero attached hydrogens (tertiary/aromatic N) is 2. The van der Waals surface area contributed by atoms with Gasteiger partial charge in [0.1, 0.15) is 0 Å². The molecule has 2 rings (SSSR count). The van der Waals surface area contributed by atoms with Gasteiger partial charge < -0.3 is 14.9 Å². The number of aromatic nitrogens is 2. The molecule has 0 spiro atoms. The summed E-state index contributed by atoms with van der Waals surface area (Å²) in [5.41, 5.74) is 0. The molecule has 78 valence electrons. The maximum atomic E-state index is 9.53. The van der Waals surface area contributed by atoms with Gasteiger partial charge in [0, 0.05) is 19.0 Å². The molecule has 0 aromatic carbocycles. The molecule has 14 heavy (non-hydrogen) atoms. The second kappa shape index (κ2) is 4.52. The summed E-state index contributed by atoms with van der Waals surface area (Å²) < 4.78 is 4.86. The van der Waals surface area contributed by atoms with Crippen molar-refractivity contribution in [3.05, 3.63) is 12.2 Å². The average Bonchev–Trinajstić information content (AvgIpc) is 2.78. The summed E-state index contributed by atoms with van der Waals surface area (Å²) in [6, 6.07) is 0.248. The van der Waals surface area contributed by atoms with Crippen molar-refractivity contribution in [1.29, 1.82) is 0 Å². The molecule has 1 saturated carbocycles. The molecule has 1 fully saturated rings. The van der Waals surface area contributed by atoms with E-state index < -0.39 is 0 Å². The minimum atomic E-state index is -0.183. The Labute approximate surface area is 82.5 Å². The minimum Gasteiger partial charge on any atom is -0.392 e. The smallest absolute Gasteiger partial charge is 0.227 e. The van der Waals surface area contributed by atoms with Gasteiger partial charge in [-0.1, -0.05) is 5.16 Å². The summed E-state index contributed by atoms with van der Waals surface area (Å²) in [6.45, 7) is 0.782. The quantitative estimate of drug-likeness (QED) is 0.717. The van der Waals surface area contributed by atoms with Crippen molar-refractivity contribution >= 4 is 0 Å². The largest absolute Gasteiger partial charge is 0.392 e. The lowest BCUT2D eigenvalue weighted by atomic mass is 10.2. The Morgan fingerprint density at radius 3 is 3.14 bits per heavy atom. The zero-order valence-electron chi connectivity index (χ0n) is 8.02. The average molecular weight is 197 g/mol. The predicted octanol–water partition coefficient (Wildman–Crippen LogP) is 0.115. The molecule has 0 amide bonds. The second-order valence-electron chi connectivity index (χ2n) is 3.64. The molecular formula is C9H15N3O2. The monoisotopic (exact) mass is 197 g/mol. The molecule has 5 heteroatoms. The maximum absolute atomic E-state index is 9.53. The van der Waals surface area contributed by atoms with Crippen LogP contribution in [-0.2, 0) is 6.42 Å². The number of aliphatic hydroxyl groups excluding tert-OH is 1. The molecule has 1 aliphatic rings. The van der Waals surface area contributed by atoms with Gasteiger partial charge in [0.05, 0.1) is 6.10 Å². The number of rotatable bonds is 4. The van der Waals surface area contributed by atoms with Gasteiger partial charge in [0.25, 0.3) is 0 Å². The van der Waals surface area contributed by atoms with Gasteiger partial charge in [0.15, 0.2) is 6.33 Å². The van der Waals surface area contributed by atoms with E-state index in [-0.39, 0.29) is 12.1 Å². The molecule has 0 saturated heterocycles. The molecule has 0 bridgehead atoms. The van der Waals surface area contributed by atoms with Gasteiger partial charge in [-0.2, -0.15) is 4.98 Å². The first kappa shape index (κ1) is 9.61. The van der Waals surface area contributed by atoms with Crippen LogP contribution in [0.5, 0.6) is 0 Å². The van der Waals surface area contributed by atoms with Crippen molar-refractivity contribution in [1.82, 2.24) is 15.5 Å². The van der Waals surface area contributed by atoms with E-state index in [4.69, 9.17) is 4.52 Å². The Hall–Kier alpha value is -0.940. The summed E-state index contributed by atoms with van der Waals surface area (Å²) in [6.07, 6.45) is 5.03. The van der Waals surface area contributed by atoms with Crippen LogP contribution in [0.1, 0.15) is 25.2 Å². The van der Waals surface area contributed by atoms with Gasteiger partial charge in [-0.25, -0.2) is 0 Å². The fraction of sp³-hybridized carbons (Fsp3) is 0.778. The maximum Gasteiger partial charge on any atom is 0.227 e. The van der Waals surface area contributed by atoms with E-state index >= 15 is 0 Å². The van der Waals surface area contributed by atoms with Gasteiger partial charge in [-0.15, -0.1) is 0 Å². The molecule has 2 atom stereocenters. The van der Waals surface area contributed by atoms with E-state index in [0.29, 0.717) is 5.89 Å². The van der Waals surface area contributed by atoms with Crippen molar-refractivity contribution in [3.63, 3.8) is 0 Å². The second-order valence-corrected chi connectivity index (χ2v) is 3.64. The van der Waals surface area contributed by atoms with Crippen molar-refractivity contribution in [2.75, 3.05) is 6.54 Å². The van der Waals surface area contributed by atoms with E-state index in [1.165, 1.54) is 6.33 Å². The minimum absolute atomic E-state index is 0.183. The van der Waals surface area contributed by atoms with Crippen molar-refractivity contribution in [2.45, 2.75) is 37.8 Å². The molecule has 1 aliphatic carbocycles. The van der Waals surface area contributed by atoms with Crippen molar-refractivity contribution in [2.24, 2.45) is 0 Å². The molecule has 5 nitrogen and oxygen atoms in total. The summed E-state index contributed by atoms with van der Waals surface area (Å²) >= 11 is 0. The van der Waals surface area contributed by atoms with E-state index in [9.17, 15) is 5.11 Å². The van der Waals surface area contributed by atoms with Crippen molar-refractivity contribution < 1.29 is 9.63 Å². The lowest BCUT2D eigenvalue weighted by Crippen LogP contribution is -2.36. The molecule has 2 N–H and O–H groups in total. The van der Waals surface area contributed by atoms with E-state index in [0.717, 1.165) is 32.2 Å². The van der Waals surface area contributed by atoms with Crippen molar-refractivity contribution in [3.8, 4) is 0 Å². The standard InChI is InChI=1S/C9H15N3O2/c13-8-3-1-2-7(8)10-5-4-9-11-6-12-14-9/h6-8,10,13H,1-5H2/t7-,8-/m0/s1. The SMILES string of the molecule is O[C@H]1CCC[C@@H]1NCCc1ncno1. The highest BCUT2D eigenvalue weighted by atomic mass is 16.5. The first-order chi connectivity index (χ1) is 6.86. The Bertz CT molecular complexity index is 263. The lowest BCUT2D eigenvalue weighted by Gasteiger charge is -2.15. The van der Waals surface area contributed by atoms with E-state index in [2.05, 4.69) is 15.5 Å². The van der Waals surface area contributed by atoms with Gasteiger partial charge in [-0.3, -0.25) is 0 Å². The fourth-order valence-electron chi connectivity index (χ4n) is 1.85. The van der Waals surface area contributed by atoms with Crippen LogP contribution in [0.3, 0.4) is 0 Å². The Morgan fingerprint density at radius 2 is 2.50 bits per heavy atom. The molecule has 1 aromatic heterocycles. The van der Waals surface area contributed by atoms with Crippen LogP contribution < -0.4 is 5.32 Å². The molecule has 0 unspecified atom stereocenters. The van der Waals surface area contributed by atoms with Crippen LogP contribution in [0, 0.1) is 0 Å². The Kier molecular flexibility index (Phi) is 3.10. The normalized spacial score (nSPS) is 26.9. The van der Waals surface area contributed by atoms with E-state index in [1.807, 2.05) is 0 Å². The fourth-order valence-corrected chi connectivity index (χ4v) is 1.85. The summed E-state index contributed by atoms with van der Waals surface area (Å²) in [5.74, 6) is 0.644. The Morgan fingerprint density at radius 1 is 1.57 bits per heavy atom. The zero-order valence-corrected chi connectivity index (χ0v) is 8.02. The van der Waals surface area contributed by atoms with Crippen LogP contribution in [0.15, 0.2) is 10.9 Å². The van der Waals surface area contributed by atoms with Crippen LogP contribution in [0.2, 0.25) is 0 Å². The summed E-state index contributed by atoms with van der Waals surface area (Å²) in [7, 11) is 0. The molecule has 0 aliphatic heterocycles. The summed E-state index contributed by atoms with van der Waals surface area (Å²) in [5, 5.41) is 16.3. The first-order valence-corrected chi connectivity index (χ1v) is 5.03. The van der Waals surface area contributed by atoms with Crippen LogP contribution in [0.4, 0.5) is 0 Å². The topological polar surface area (TPSA) is 71.2 Å². The first-order valence-electron chi connectivity index (χ1n) is 5.03. The molecule has 1 heterocycles. The third-order valence-corrected chi connectivity index (χ3v) is 2.63. The Balaban J connectivity index is 1.68. The van der Waals surface area contributed by atoms with Crippen LogP contribution in [-0.4, -0.2) is 33.9 Å². The number of hydrogen-bond donors (Lipinski definition) is 2. The van der Waals surface area contributed by atoms with Gasteiger partial charge in [-0.05, 0) is 19.3 Å². The van der Waals surface area contributed by atoms with Crippen LogP contribution >= 0.6 is 0 Å². The molecule has 0 radical (unpaired) electrons. The number of hydrogen-bond acceptors (Lipinski definition) is 5. The van der Waals surface area contributed by atoms with Gasteiger partial charge in [0.2, 0.25) is 5.89 Å². The third-order valence-electron chi connectivity index (χ3n) is 2.63. The third kappa shape index (κ3) is 2.30. The highest BCUT2D eigenvalue weighted by Crippen LogP contribution is 2.18.